The summed E-state index contributed by atoms with van der Waals surface area (Å²) >= 11 is 0. The highest BCUT2D eigenvalue weighted by molar-refractivity contribution is 6.01. The zero-order valence-corrected chi connectivity index (χ0v) is 13.9. The molecule has 1 saturated heterocycles. The lowest BCUT2D eigenvalue weighted by Crippen LogP contribution is -2.30. The molecule has 4 rings (SSSR count). The highest BCUT2D eigenvalue weighted by Crippen LogP contribution is 2.33. The molecule has 1 fully saturated rings. The van der Waals surface area contributed by atoms with E-state index in [9.17, 15) is 4.79 Å². The van der Waals surface area contributed by atoms with Gasteiger partial charge >= 0.3 is 0 Å². The molecule has 3 aromatic rings. The molecule has 0 saturated carbocycles. The monoisotopic (exact) mass is 332 g/mol. The molecule has 1 aromatic heterocycles. The lowest BCUT2D eigenvalue weighted by atomic mass is 9.98. The van der Waals surface area contributed by atoms with Crippen LogP contribution in [0.25, 0.3) is 16.5 Å². The Morgan fingerprint density at radius 3 is 2.80 bits per heavy atom. The molecule has 1 atom stereocenters. The Bertz CT molecular complexity index is 910. The Morgan fingerprint density at radius 2 is 1.96 bits per heavy atom. The second-order valence-electron chi connectivity index (χ2n) is 6.32. The van der Waals surface area contributed by atoms with Crippen molar-refractivity contribution in [2.24, 2.45) is 0 Å². The number of fused-ring (bicyclic) bond motifs is 1. The zero-order chi connectivity index (χ0) is 17.1. The molecule has 0 amide bonds. The van der Waals surface area contributed by atoms with Crippen LogP contribution in [0.1, 0.15) is 24.0 Å². The number of hydrogen-bond donors (Lipinski definition) is 1. The van der Waals surface area contributed by atoms with Crippen molar-refractivity contribution >= 4 is 22.4 Å². The summed E-state index contributed by atoms with van der Waals surface area (Å²) in [5, 5.41) is 2.99. The summed E-state index contributed by atoms with van der Waals surface area (Å²) in [5.41, 5.74) is 3.74. The molecule has 2 heterocycles. The maximum atomic E-state index is 11.8. The van der Waals surface area contributed by atoms with Gasteiger partial charge in [-0.1, -0.05) is 48.5 Å². The van der Waals surface area contributed by atoms with Crippen molar-refractivity contribution in [3.63, 3.8) is 0 Å². The van der Waals surface area contributed by atoms with E-state index < -0.39 is 0 Å². The summed E-state index contributed by atoms with van der Waals surface area (Å²) in [6, 6.07) is 18.0. The van der Waals surface area contributed by atoms with E-state index in [0.29, 0.717) is 12.2 Å². The van der Waals surface area contributed by atoms with Crippen molar-refractivity contribution in [1.82, 2.24) is 10.0 Å². The molecule has 1 unspecified atom stereocenters. The topological polar surface area (TPSA) is 45.3 Å². The number of benzene rings is 2. The Balaban J connectivity index is 1.57. The SMILES string of the molecule is O=C=C(c1c[nH]c2ccccc12)C1CCCN1OCc1ccccc1. The Kier molecular flexibility index (Phi) is 4.49. The van der Waals surface area contributed by atoms with Crippen LogP contribution >= 0.6 is 0 Å². The van der Waals surface area contributed by atoms with E-state index in [1.54, 1.807) is 0 Å². The normalized spacial score (nSPS) is 17.7. The third-order valence-corrected chi connectivity index (χ3v) is 4.77. The van der Waals surface area contributed by atoms with Gasteiger partial charge in [0.15, 0.2) is 0 Å². The second kappa shape index (κ2) is 7.08. The third-order valence-electron chi connectivity index (χ3n) is 4.77. The van der Waals surface area contributed by atoms with E-state index in [1.807, 2.05) is 65.9 Å². The first-order valence-electron chi connectivity index (χ1n) is 8.62. The molecule has 4 nitrogen and oxygen atoms in total. The number of H-pyrrole nitrogens is 1. The number of nitrogens with zero attached hydrogens (tertiary/aromatic N) is 1. The minimum absolute atomic E-state index is 0.0552. The van der Waals surface area contributed by atoms with Gasteiger partial charge in [-0.05, 0) is 24.5 Å². The fourth-order valence-corrected chi connectivity index (χ4v) is 3.51. The summed E-state index contributed by atoms with van der Waals surface area (Å²) in [7, 11) is 0. The number of carbonyl (C=O) groups excluding carboxylic acids is 1. The summed E-state index contributed by atoms with van der Waals surface area (Å²) in [4.78, 5) is 21.1. The highest BCUT2D eigenvalue weighted by atomic mass is 16.7. The van der Waals surface area contributed by atoms with Crippen LogP contribution in [0.15, 0.2) is 60.8 Å². The summed E-state index contributed by atoms with van der Waals surface area (Å²) in [5.74, 6) is 2.19. The van der Waals surface area contributed by atoms with E-state index in [1.165, 1.54) is 0 Å². The van der Waals surface area contributed by atoms with Gasteiger partial charge in [0.25, 0.3) is 0 Å². The summed E-state index contributed by atoms with van der Waals surface area (Å²) < 4.78 is 0. The van der Waals surface area contributed by atoms with Crippen LogP contribution in [0.2, 0.25) is 0 Å². The maximum absolute atomic E-state index is 11.8. The smallest absolute Gasteiger partial charge is 0.130 e. The number of aromatic nitrogens is 1. The molecule has 2 aromatic carbocycles. The quantitative estimate of drug-likeness (QED) is 0.719. The minimum Gasteiger partial charge on any atom is -0.361 e. The first-order valence-corrected chi connectivity index (χ1v) is 8.62. The van der Waals surface area contributed by atoms with Crippen LogP contribution in [-0.4, -0.2) is 28.6 Å². The predicted octanol–water partition coefficient (Wildman–Crippen LogP) is 3.98. The molecule has 4 heteroatoms. The number of aromatic amines is 1. The number of nitrogens with one attached hydrogen (secondary N) is 1. The molecule has 25 heavy (non-hydrogen) atoms. The number of para-hydroxylation sites is 1. The molecular formula is C21H20N2O2. The van der Waals surface area contributed by atoms with Crippen LogP contribution in [0.5, 0.6) is 0 Å². The first kappa shape index (κ1) is 15.9. The van der Waals surface area contributed by atoms with Gasteiger partial charge in [-0.2, -0.15) is 5.06 Å². The van der Waals surface area contributed by atoms with Gasteiger partial charge in [-0.25, -0.2) is 4.79 Å². The maximum Gasteiger partial charge on any atom is 0.130 e. The molecule has 0 bridgehead atoms. The lowest BCUT2D eigenvalue weighted by Gasteiger charge is -2.24. The fourth-order valence-electron chi connectivity index (χ4n) is 3.51. The van der Waals surface area contributed by atoms with Gasteiger partial charge in [0, 0.05) is 29.2 Å². The van der Waals surface area contributed by atoms with Crippen molar-refractivity contribution in [1.29, 1.82) is 0 Å². The van der Waals surface area contributed by atoms with E-state index in [2.05, 4.69) is 10.9 Å². The van der Waals surface area contributed by atoms with Gasteiger partial charge in [-0.3, -0.25) is 4.84 Å². The average molecular weight is 332 g/mol. The second-order valence-corrected chi connectivity index (χ2v) is 6.32. The molecule has 0 aliphatic carbocycles. The summed E-state index contributed by atoms with van der Waals surface area (Å²) in [6.45, 7) is 1.34. The van der Waals surface area contributed by atoms with Gasteiger partial charge in [0.1, 0.15) is 5.94 Å². The predicted molar refractivity (Wildman–Crippen MR) is 98.4 cm³/mol. The molecule has 0 radical (unpaired) electrons. The zero-order valence-electron chi connectivity index (χ0n) is 13.9. The van der Waals surface area contributed by atoms with Crippen LogP contribution in [-0.2, 0) is 16.2 Å². The van der Waals surface area contributed by atoms with Crippen LogP contribution in [0.4, 0.5) is 0 Å². The average Bonchev–Trinajstić information content (AvgIpc) is 3.30. The number of hydroxylamine groups is 2. The number of rotatable bonds is 5. The van der Waals surface area contributed by atoms with Crippen molar-refractivity contribution in [2.45, 2.75) is 25.5 Å². The molecule has 0 spiro atoms. The highest BCUT2D eigenvalue weighted by Gasteiger charge is 2.31. The fraction of sp³-hybridized carbons (Fsp3) is 0.238. The third kappa shape index (κ3) is 3.15. The van der Waals surface area contributed by atoms with Crippen molar-refractivity contribution < 1.29 is 9.63 Å². The van der Waals surface area contributed by atoms with Gasteiger partial charge in [0.05, 0.1) is 18.2 Å². The van der Waals surface area contributed by atoms with Gasteiger partial charge in [-0.15, -0.1) is 0 Å². The Labute approximate surface area is 146 Å². The lowest BCUT2D eigenvalue weighted by molar-refractivity contribution is -0.167. The molecule has 1 N–H and O–H groups in total. The van der Waals surface area contributed by atoms with Crippen LogP contribution < -0.4 is 0 Å². The molecule has 1 aliphatic heterocycles. The van der Waals surface area contributed by atoms with Crippen molar-refractivity contribution in [3.05, 3.63) is 71.9 Å². The molecular weight excluding hydrogens is 312 g/mol. The Morgan fingerprint density at radius 1 is 1.16 bits per heavy atom. The van der Waals surface area contributed by atoms with Crippen molar-refractivity contribution in [2.75, 3.05) is 6.54 Å². The largest absolute Gasteiger partial charge is 0.361 e. The van der Waals surface area contributed by atoms with E-state index in [-0.39, 0.29) is 6.04 Å². The molecule has 1 aliphatic rings. The number of hydrogen-bond acceptors (Lipinski definition) is 3. The van der Waals surface area contributed by atoms with Gasteiger partial charge < -0.3 is 4.98 Å². The summed E-state index contributed by atoms with van der Waals surface area (Å²) in [6.07, 6.45) is 3.81. The van der Waals surface area contributed by atoms with E-state index in [4.69, 9.17) is 4.84 Å². The Hall–Kier alpha value is -2.65. The van der Waals surface area contributed by atoms with Gasteiger partial charge in [0.2, 0.25) is 0 Å². The first-order chi connectivity index (χ1) is 12.4. The molecule has 126 valence electrons. The van der Waals surface area contributed by atoms with Crippen LogP contribution in [0.3, 0.4) is 0 Å². The van der Waals surface area contributed by atoms with E-state index in [0.717, 1.165) is 41.4 Å². The van der Waals surface area contributed by atoms with Crippen molar-refractivity contribution in [3.8, 4) is 0 Å². The minimum atomic E-state index is -0.0552. The van der Waals surface area contributed by atoms with Crippen LogP contribution in [0, 0.1) is 0 Å². The van der Waals surface area contributed by atoms with E-state index >= 15 is 0 Å². The standard InChI is InChI=1S/C21H20N2O2/c24-14-19(18-13-22-20-10-5-4-9-17(18)20)21-11-6-12-23(21)25-15-16-7-2-1-3-8-16/h1-5,7-10,13,21-22H,6,11-12,15H2.